The number of hydrogen-bond acceptors (Lipinski definition) is 7. The van der Waals surface area contributed by atoms with E-state index in [9.17, 15) is 34.1 Å². The number of carbonyl (C=O) groups excluding carboxylic acids is 4. The fourth-order valence-corrected chi connectivity index (χ4v) is 4.57. The van der Waals surface area contributed by atoms with Crippen LogP contribution in [0.2, 0.25) is 5.82 Å². The number of urea groups is 1. The van der Waals surface area contributed by atoms with Gasteiger partial charge in [0.15, 0.2) is 5.78 Å². The van der Waals surface area contributed by atoms with Crippen molar-refractivity contribution in [2.75, 3.05) is 19.6 Å². The van der Waals surface area contributed by atoms with Gasteiger partial charge >= 0.3 is 30.9 Å². The van der Waals surface area contributed by atoms with Crippen molar-refractivity contribution in [1.82, 2.24) is 15.1 Å². The zero-order valence-electron chi connectivity index (χ0n) is 20.1. The third kappa shape index (κ3) is 5.33. The minimum atomic E-state index is -1.44. The Balaban J connectivity index is 1.52. The number of Topliss-reactive ketones (excluding diaryl/α,β-unsaturated/α-hetero) is 1. The largest absolute Gasteiger partial charge is 0.535 e. The fraction of sp³-hybridized carbons (Fsp3) is 0.320. The number of rotatable bonds is 7. The molecule has 2 heterocycles. The summed E-state index contributed by atoms with van der Waals surface area (Å²) in [6.07, 6.45) is -0.0149. The smallest absolute Gasteiger partial charge is 0.526 e. The number of benzene rings is 2. The second-order valence-electron chi connectivity index (χ2n) is 8.88. The lowest BCUT2D eigenvalue weighted by Gasteiger charge is -2.33. The maximum absolute atomic E-state index is 13.5. The number of piperazine rings is 1. The van der Waals surface area contributed by atoms with Gasteiger partial charge in [-0.2, -0.15) is 0 Å². The van der Waals surface area contributed by atoms with E-state index >= 15 is 0 Å². The van der Waals surface area contributed by atoms with Crippen molar-refractivity contribution in [2.45, 2.75) is 31.6 Å². The van der Waals surface area contributed by atoms with E-state index in [2.05, 4.69) is 5.32 Å². The second-order valence-corrected chi connectivity index (χ2v) is 8.88. The number of imide groups is 1. The lowest BCUT2D eigenvalue weighted by Crippen LogP contribution is -2.58. The third-order valence-electron chi connectivity index (χ3n) is 6.57. The van der Waals surface area contributed by atoms with Crippen LogP contribution in [0.4, 0.5) is 4.79 Å². The number of fused-ring (bicyclic) bond motifs is 1. The molecule has 4 rings (SSSR count). The normalized spacial score (nSPS) is 18.1. The number of nitrogens with one attached hydrogen (secondary N) is 1. The van der Waals surface area contributed by atoms with Crippen molar-refractivity contribution in [2.24, 2.45) is 0 Å². The van der Waals surface area contributed by atoms with Gasteiger partial charge in [0.05, 0.1) is 5.56 Å². The molecule has 0 saturated carbocycles. The van der Waals surface area contributed by atoms with Crippen LogP contribution >= 0.6 is 0 Å². The van der Waals surface area contributed by atoms with Crippen molar-refractivity contribution in [3.8, 4) is 5.75 Å². The molecular weight excluding hydrogens is 481 g/mol. The molecule has 4 amide bonds. The third-order valence-corrected chi connectivity index (χ3v) is 6.57. The summed E-state index contributed by atoms with van der Waals surface area (Å²) < 4.78 is 5.49. The summed E-state index contributed by atoms with van der Waals surface area (Å²) in [4.78, 5) is 64.8. The molecule has 0 unspecified atom stereocenters. The molecule has 0 spiro atoms. The molecule has 0 radical (unpaired) electrons. The van der Waals surface area contributed by atoms with E-state index in [1.807, 2.05) is 0 Å². The minimum Gasteiger partial charge on any atom is -0.535 e. The van der Waals surface area contributed by atoms with Crippen molar-refractivity contribution in [1.29, 1.82) is 0 Å². The molecule has 0 aliphatic carbocycles. The predicted molar refractivity (Wildman–Crippen MR) is 131 cm³/mol. The van der Waals surface area contributed by atoms with Crippen LogP contribution in [0.1, 0.15) is 40.9 Å². The molecule has 12 heteroatoms. The minimum absolute atomic E-state index is 0.00216. The Labute approximate surface area is 213 Å². The van der Waals surface area contributed by atoms with E-state index in [0.717, 1.165) is 4.90 Å². The Bertz CT molecular complexity index is 1240. The summed E-state index contributed by atoms with van der Waals surface area (Å²) in [5.41, 5.74) is 0.922. The first-order valence-corrected chi connectivity index (χ1v) is 11.9. The van der Waals surface area contributed by atoms with Gasteiger partial charge in [-0.1, -0.05) is 42.5 Å². The monoisotopic (exact) mass is 507 g/mol. The van der Waals surface area contributed by atoms with Gasteiger partial charge in [0.25, 0.3) is 0 Å². The summed E-state index contributed by atoms with van der Waals surface area (Å²) in [5, 5.41) is 22.5. The molecule has 2 atom stereocenters. The topological polar surface area (TPSA) is 154 Å². The number of aromatic carboxylic acids is 1. The van der Waals surface area contributed by atoms with Gasteiger partial charge in [0.1, 0.15) is 11.8 Å². The molecule has 1 saturated heterocycles. The van der Waals surface area contributed by atoms with Crippen LogP contribution in [0, 0.1) is 0 Å². The van der Waals surface area contributed by atoms with Crippen LogP contribution in [0.15, 0.2) is 48.5 Å². The molecule has 11 nitrogen and oxygen atoms in total. The summed E-state index contributed by atoms with van der Waals surface area (Å²) >= 11 is 0. The average Bonchev–Trinajstić information content (AvgIpc) is 2.89. The van der Waals surface area contributed by atoms with E-state index in [1.54, 1.807) is 49.4 Å². The van der Waals surface area contributed by atoms with E-state index in [0.29, 0.717) is 17.7 Å². The molecule has 0 bridgehead atoms. The highest BCUT2D eigenvalue weighted by Crippen LogP contribution is 2.37. The molecule has 3 N–H and O–H groups in total. The number of carbonyl (C=O) groups is 5. The Morgan fingerprint density at radius 2 is 1.81 bits per heavy atom. The van der Waals surface area contributed by atoms with Gasteiger partial charge < -0.3 is 25.0 Å². The van der Waals surface area contributed by atoms with Gasteiger partial charge in [-0.3, -0.25) is 19.3 Å². The maximum Gasteiger partial charge on any atom is 0.526 e. The zero-order chi connectivity index (χ0) is 26.7. The Hall–Kier alpha value is -4.19. The molecule has 2 aliphatic heterocycles. The highest BCUT2D eigenvalue weighted by molar-refractivity contribution is 6.47. The Morgan fingerprint density at radius 1 is 1.08 bits per heavy atom. The first-order chi connectivity index (χ1) is 17.7. The summed E-state index contributed by atoms with van der Waals surface area (Å²) in [6.45, 7) is 2.27. The molecular formula is C25H26BN3O8. The van der Waals surface area contributed by atoms with E-state index in [-0.39, 0.29) is 37.2 Å². The quantitative estimate of drug-likeness (QED) is 0.374. The highest BCUT2D eigenvalue weighted by atomic mass is 16.5. The fourth-order valence-electron chi connectivity index (χ4n) is 4.57. The number of carboxylic acids is 1. The van der Waals surface area contributed by atoms with E-state index < -0.39 is 48.6 Å². The number of carboxylic acid groups (broad SMARTS) is 1. The van der Waals surface area contributed by atoms with Gasteiger partial charge in [-0.25, -0.2) is 9.59 Å². The Morgan fingerprint density at radius 3 is 2.49 bits per heavy atom. The number of hydrogen-bond donors (Lipinski definition) is 3. The standard InChI is InChI=1S/C25H26BN3O8/c1-2-28-11-12-29(23(32)22(28)31)25(35)27-20(15-7-4-3-5-8-15)19(30)14-17-13-16-9-6-10-18(24(33)34)21(16)37-26(17)36/h3-10,17,20,36H,2,11-14H2,1H3,(H,27,35)(H,33,34)/t17-,20-/m1/s1. The number of nitrogens with zero attached hydrogens (tertiary/aromatic N) is 2. The predicted octanol–water partition coefficient (Wildman–Crippen LogP) is 1.27. The molecule has 0 aromatic heterocycles. The van der Waals surface area contributed by atoms with E-state index in [1.165, 1.54) is 11.0 Å². The zero-order valence-corrected chi connectivity index (χ0v) is 20.1. The molecule has 2 aromatic rings. The summed E-state index contributed by atoms with van der Waals surface area (Å²) in [7, 11) is -1.44. The lowest BCUT2D eigenvalue weighted by atomic mass is 9.64. The number of amides is 4. The van der Waals surface area contributed by atoms with Gasteiger partial charge in [-0.15, -0.1) is 0 Å². The first kappa shape index (κ1) is 25.9. The van der Waals surface area contributed by atoms with Crippen LogP contribution in [-0.4, -0.2) is 76.3 Å². The van der Waals surface area contributed by atoms with Crippen LogP contribution < -0.4 is 9.97 Å². The summed E-state index contributed by atoms with van der Waals surface area (Å²) in [6, 6.07) is 11.0. The van der Waals surface area contributed by atoms with Crippen LogP contribution in [0.5, 0.6) is 5.75 Å². The van der Waals surface area contributed by atoms with Gasteiger partial charge in [-0.05, 0) is 30.5 Å². The SMILES string of the molecule is CCN1CCN(C(=O)N[C@@H](C(=O)C[C@H]2Cc3cccc(C(=O)O)c3OB2O)c2ccccc2)C(=O)C1=O. The van der Waals surface area contributed by atoms with Crippen LogP contribution in [-0.2, 0) is 20.8 Å². The average molecular weight is 507 g/mol. The molecule has 37 heavy (non-hydrogen) atoms. The van der Waals surface area contributed by atoms with Crippen molar-refractivity contribution >= 4 is 36.7 Å². The van der Waals surface area contributed by atoms with E-state index in [4.69, 9.17) is 4.65 Å². The molecule has 2 aromatic carbocycles. The van der Waals surface area contributed by atoms with Crippen molar-refractivity contribution in [3.63, 3.8) is 0 Å². The first-order valence-electron chi connectivity index (χ1n) is 11.9. The highest BCUT2D eigenvalue weighted by Gasteiger charge is 2.41. The van der Waals surface area contributed by atoms with Gasteiger partial charge in [0.2, 0.25) is 0 Å². The molecule has 1 fully saturated rings. The van der Waals surface area contributed by atoms with Crippen LogP contribution in [0.25, 0.3) is 0 Å². The maximum atomic E-state index is 13.5. The number of likely N-dealkylation sites (N-methyl/N-ethyl adjacent to an activating group) is 1. The number of para-hydroxylation sites is 1. The number of ketones is 1. The van der Waals surface area contributed by atoms with Crippen molar-refractivity contribution < 1.29 is 38.8 Å². The Kier molecular flexibility index (Phi) is 7.58. The second kappa shape index (κ2) is 10.8. The lowest BCUT2D eigenvalue weighted by molar-refractivity contribution is -0.153. The molecule has 192 valence electrons. The molecule has 2 aliphatic rings. The van der Waals surface area contributed by atoms with Crippen molar-refractivity contribution in [3.05, 3.63) is 65.2 Å². The van der Waals surface area contributed by atoms with Crippen LogP contribution in [0.3, 0.4) is 0 Å². The summed E-state index contributed by atoms with van der Waals surface area (Å²) in [5.74, 6) is -4.04. The van der Waals surface area contributed by atoms with Gasteiger partial charge in [0, 0.05) is 31.9 Å².